The molecule has 0 amide bonds. The van der Waals surface area contributed by atoms with Crippen molar-refractivity contribution in [2.24, 2.45) is 0 Å². The third-order valence-electron chi connectivity index (χ3n) is 2.48. The Bertz CT molecular complexity index is 649. The minimum absolute atomic E-state index is 0.968. The number of aromatic nitrogens is 2. The van der Waals surface area contributed by atoms with Crippen molar-refractivity contribution in [1.29, 1.82) is 0 Å². The molecule has 72 valence electrons. The number of fused-ring (bicyclic) bond motifs is 3. The molecule has 0 bridgehead atoms. The molecule has 3 aromatic rings. The second-order valence-corrected chi connectivity index (χ2v) is 4.21. The molecule has 2 nitrogen and oxygen atoms in total. The van der Waals surface area contributed by atoms with E-state index in [4.69, 9.17) is 0 Å². The molecule has 0 fully saturated rings. The second-order valence-electron chi connectivity index (χ2n) is 3.36. The molecule has 0 saturated carbocycles. The Hall–Kier alpha value is -1.48. The van der Waals surface area contributed by atoms with E-state index in [2.05, 4.69) is 38.0 Å². The summed E-state index contributed by atoms with van der Waals surface area (Å²) in [4.78, 5) is 8.32. The highest BCUT2D eigenvalue weighted by atomic mass is 79.9. The van der Waals surface area contributed by atoms with E-state index in [9.17, 15) is 0 Å². The van der Waals surface area contributed by atoms with Crippen molar-refractivity contribution >= 4 is 37.6 Å². The molecule has 0 N–H and O–H groups in total. The van der Waals surface area contributed by atoms with E-state index in [1.807, 2.05) is 24.4 Å². The van der Waals surface area contributed by atoms with Crippen LogP contribution in [0.4, 0.5) is 0 Å². The zero-order chi connectivity index (χ0) is 10.3. The van der Waals surface area contributed by atoms with E-state index in [0.29, 0.717) is 0 Å². The fraction of sp³-hybridized carbons (Fsp3) is 0. The summed E-state index contributed by atoms with van der Waals surface area (Å²) in [6, 6.07) is 10.3. The van der Waals surface area contributed by atoms with Gasteiger partial charge in [0.15, 0.2) is 0 Å². The van der Waals surface area contributed by atoms with Gasteiger partial charge in [0.05, 0.1) is 5.52 Å². The zero-order valence-electron chi connectivity index (χ0n) is 7.81. The van der Waals surface area contributed by atoms with E-state index in [1.54, 1.807) is 6.33 Å². The number of rotatable bonds is 0. The van der Waals surface area contributed by atoms with Gasteiger partial charge in [-0.15, -0.1) is 0 Å². The molecule has 1 heterocycles. The van der Waals surface area contributed by atoms with Crippen LogP contribution in [0.2, 0.25) is 0 Å². The summed E-state index contributed by atoms with van der Waals surface area (Å²) in [5.74, 6) is 0. The molecule has 0 spiro atoms. The molecule has 0 aliphatic rings. The molecule has 3 heteroatoms. The van der Waals surface area contributed by atoms with Gasteiger partial charge in [0.1, 0.15) is 6.33 Å². The van der Waals surface area contributed by atoms with Crippen molar-refractivity contribution in [3.63, 3.8) is 0 Å². The van der Waals surface area contributed by atoms with E-state index < -0.39 is 0 Å². The molecule has 0 radical (unpaired) electrons. The highest BCUT2D eigenvalue weighted by Gasteiger charge is 2.04. The monoisotopic (exact) mass is 258 g/mol. The van der Waals surface area contributed by atoms with E-state index in [1.165, 1.54) is 10.8 Å². The number of benzene rings is 2. The Morgan fingerprint density at radius 3 is 2.67 bits per heavy atom. The lowest BCUT2D eigenvalue weighted by atomic mass is 10.1. The van der Waals surface area contributed by atoms with Crippen molar-refractivity contribution in [3.05, 3.63) is 47.3 Å². The lowest BCUT2D eigenvalue weighted by Gasteiger charge is -2.04. The quantitative estimate of drug-likeness (QED) is 0.577. The summed E-state index contributed by atoms with van der Waals surface area (Å²) in [7, 11) is 0. The number of halogens is 1. The summed E-state index contributed by atoms with van der Waals surface area (Å²) in [6.45, 7) is 0. The van der Waals surface area contributed by atoms with Gasteiger partial charge in [-0.2, -0.15) is 0 Å². The Kier molecular flexibility index (Phi) is 1.92. The normalized spacial score (nSPS) is 11.0. The maximum absolute atomic E-state index is 4.25. The van der Waals surface area contributed by atoms with E-state index in [-0.39, 0.29) is 0 Å². The second kappa shape index (κ2) is 3.28. The number of hydrogen-bond donors (Lipinski definition) is 0. The van der Waals surface area contributed by atoms with Crippen molar-refractivity contribution < 1.29 is 0 Å². The highest BCUT2D eigenvalue weighted by Crippen LogP contribution is 2.30. The first kappa shape index (κ1) is 8.80. The summed E-state index contributed by atoms with van der Waals surface area (Å²) < 4.78 is 1.07. The Morgan fingerprint density at radius 1 is 1.00 bits per heavy atom. The van der Waals surface area contributed by atoms with Crippen molar-refractivity contribution in [3.8, 4) is 0 Å². The molecule has 1 aromatic heterocycles. The van der Waals surface area contributed by atoms with Crippen LogP contribution in [-0.2, 0) is 0 Å². The molecule has 0 aliphatic heterocycles. The van der Waals surface area contributed by atoms with Crippen molar-refractivity contribution in [2.45, 2.75) is 0 Å². The van der Waals surface area contributed by atoms with Gasteiger partial charge >= 0.3 is 0 Å². The summed E-state index contributed by atoms with van der Waals surface area (Å²) in [5, 5.41) is 3.47. The minimum Gasteiger partial charge on any atom is -0.244 e. The first-order valence-corrected chi connectivity index (χ1v) is 5.42. The van der Waals surface area contributed by atoms with Crippen LogP contribution >= 0.6 is 15.9 Å². The smallest absolute Gasteiger partial charge is 0.116 e. The predicted molar refractivity (Wildman–Crippen MR) is 64.7 cm³/mol. The molecular weight excluding hydrogens is 252 g/mol. The van der Waals surface area contributed by atoms with Gasteiger partial charge in [-0.25, -0.2) is 9.97 Å². The maximum Gasteiger partial charge on any atom is 0.116 e. The largest absolute Gasteiger partial charge is 0.244 e. The molecular formula is C12H7BrN2. The lowest BCUT2D eigenvalue weighted by Crippen LogP contribution is -1.83. The molecule has 15 heavy (non-hydrogen) atoms. The van der Waals surface area contributed by atoms with Crippen LogP contribution in [0.5, 0.6) is 0 Å². The molecule has 3 rings (SSSR count). The highest BCUT2D eigenvalue weighted by molar-refractivity contribution is 9.10. The van der Waals surface area contributed by atoms with Crippen LogP contribution in [0.3, 0.4) is 0 Å². The van der Waals surface area contributed by atoms with Crippen LogP contribution in [0.25, 0.3) is 21.7 Å². The third-order valence-corrected chi connectivity index (χ3v) is 3.14. The Morgan fingerprint density at radius 2 is 1.80 bits per heavy atom. The molecule has 0 unspecified atom stereocenters. The zero-order valence-corrected chi connectivity index (χ0v) is 9.40. The SMILES string of the molecule is Brc1cc2ncncc2c2ccccc12. The summed E-state index contributed by atoms with van der Waals surface area (Å²) in [5.41, 5.74) is 0.968. The molecule has 0 atom stereocenters. The van der Waals surface area contributed by atoms with Crippen molar-refractivity contribution in [2.75, 3.05) is 0 Å². The van der Waals surface area contributed by atoms with E-state index >= 15 is 0 Å². The molecule has 0 aliphatic carbocycles. The van der Waals surface area contributed by atoms with Gasteiger partial charge in [0.2, 0.25) is 0 Å². The van der Waals surface area contributed by atoms with Gasteiger partial charge in [-0.05, 0) is 16.8 Å². The van der Waals surface area contributed by atoms with E-state index in [0.717, 1.165) is 15.4 Å². The molecule has 0 saturated heterocycles. The number of hydrogen-bond acceptors (Lipinski definition) is 2. The topological polar surface area (TPSA) is 25.8 Å². The summed E-state index contributed by atoms with van der Waals surface area (Å²) in [6.07, 6.45) is 3.43. The van der Waals surface area contributed by atoms with Crippen LogP contribution in [0.1, 0.15) is 0 Å². The number of nitrogens with zero attached hydrogens (tertiary/aromatic N) is 2. The van der Waals surface area contributed by atoms with Crippen LogP contribution < -0.4 is 0 Å². The summed E-state index contributed by atoms with van der Waals surface area (Å²) >= 11 is 3.56. The maximum atomic E-state index is 4.25. The first-order chi connectivity index (χ1) is 7.36. The lowest BCUT2D eigenvalue weighted by molar-refractivity contribution is 1.22. The van der Waals surface area contributed by atoms with Crippen molar-refractivity contribution in [1.82, 2.24) is 9.97 Å². The van der Waals surface area contributed by atoms with Crippen LogP contribution in [-0.4, -0.2) is 9.97 Å². The fourth-order valence-electron chi connectivity index (χ4n) is 1.79. The van der Waals surface area contributed by atoms with Gasteiger partial charge < -0.3 is 0 Å². The fourth-order valence-corrected chi connectivity index (χ4v) is 2.35. The van der Waals surface area contributed by atoms with Crippen LogP contribution in [0.15, 0.2) is 47.3 Å². The van der Waals surface area contributed by atoms with Gasteiger partial charge in [-0.3, -0.25) is 0 Å². The standard InChI is InChI=1S/C12H7BrN2/c13-11-5-12-10(6-14-7-15-12)8-3-1-2-4-9(8)11/h1-7H. The van der Waals surface area contributed by atoms with Gasteiger partial charge in [0.25, 0.3) is 0 Å². The Balaban J connectivity index is 2.64. The minimum atomic E-state index is 0.968. The predicted octanol–water partition coefficient (Wildman–Crippen LogP) is 3.55. The Labute approximate surface area is 95.1 Å². The average molecular weight is 259 g/mol. The first-order valence-electron chi connectivity index (χ1n) is 4.63. The third kappa shape index (κ3) is 1.31. The molecule has 2 aromatic carbocycles. The average Bonchev–Trinajstić information content (AvgIpc) is 2.30. The van der Waals surface area contributed by atoms with Crippen LogP contribution in [0, 0.1) is 0 Å². The van der Waals surface area contributed by atoms with Gasteiger partial charge in [-0.1, -0.05) is 40.2 Å². The van der Waals surface area contributed by atoms with Gasteiger partial charge in [0, 0.05) is 16.1 Å².